The highest BCUT2D eigenvalue weighted by atomic mass is 16.5. The van der Waals surface area contributed by atoms with Gasteiger partial charge in [0.05, 0.1) is 25.3 Å². The molecule has 2 N–H and O–H groups in total. The van der Waals surface area contributed by atoms with Crippen LogP contribution in [0.5, 0.6) is 11.5 Å². The Bertz CT molecular complexity index is 358. The van der Waals surface area contributed by atoms with Crippen LogP contribution in [0, 0.1) is 11.3 Å². The predicted octanol–water partition coefficient (Wildman–Crippen LogP) is 1.29. The second-order valence-corrected chi connectivity index (χ2v) is 3.00. The van der Waals surface area contributed by atoms with Crippen LogP contribution in [0.4, 0.5) is 0 Å². The topological polar surface area (TPSA) is 68.3 Å². The van der Waals surface area contributed by atoms with Crippen molar-refractivity contribution < 1.29 is 9.47 Å². The zero-order chi connectivity index (χ0) is 11.1. The van der Waals surface area contributed by atoms with Crippen LogP contribution >= 0.6 is 0 Å². The van der Waals surface area contributed by atoms with Gasteiger partial charge in [-0.2, -0.15) is 5.26 Å². The maximum absolute atomic E-state index is 8.77. The van der Waals surface area contributed by atoms with Crippen LogP contribution in [0.3, 0.4) is 0 Å². The van der Waals surface area contributed by atoms with Crippen molar-refractivity contribution in [3.63, 3.8) is 0 Å². The van der Waals surface area contributed by atoms with Gasteiger partial charge in [-0.05, 0) is 25.1 Å². The molecule has 0 spiro atoms. The lowest BCUT2D eigenvalue weighted by atomic mass is 10.2. The van der Waals surface area contributed by atoms with Crippen LogP contribution in [0.1, 0.15) is 12.0 Å². The monoisotopic (exact) mass is 206 g/mol. The van der Waals surface area contributed by atoms with Crippen LogP contribution < -0.4 is 15.2 Å². The van der Waals surface area contributed by atoms with Gasteiger partial charge < -0.3 is 15.2 Å². The summed E-state index contributed by atoms with van der Waals surface area (Å²) in [4.78, 5) is 0. The third kappa shape index (κ3) is 3.49. The van der Waals surface area contributed by atoms with E-state index in [-0.39, 0.29) is 0 Å². The Morgan fingerprint density at radius 1 is 1.33 bits per heavy atom. The van der Waals surface area contributed by atoms with Crippen LogP contribution in [0.15, 0.2) is 18.2 Å². The molecular formula is C11H14N2O2. The molecule has 1 aromatic rings. The number of hydrogen-bond acceptors (Lipinski definition) is 4. The second kappa shape index (κ2) is 5.89. The van der Waals surface area contributed by atoms with Gasteiger partial charge in [-0.15, -0.1) is 0 Å². The van der Waals surface area contributed by atoms with E-state index in [4.69, 9.17) is 20.5 Å². The fraction of sp³-hybridized carbons (Fsp3) is 0.364. The molecule has 4 heteroatoms. The molecule has 0 saturated carbocycles. The smallest absolute Gasteiger partial charge is 0.124 e. The summed E-state index contributed by atoms with van der Waals surface area (Å²) >= 11 is 0. The minimum Gasteiger partial charge on any atom is -0.497 e. The third-order valence-corrected chi connectivity index (χ3v) is 1.86. The maximum atomic E-state index is 8.77. The van der Waals surface area contributed by atoms with Gasteiger partial charge in [0, 0.05) is 6.07 Å². The molecule has 0 fully saturated rings. The maximum Gasteiger partial charge on any atom is 0.124 e. The lowest BCUT2D eigenvalue weighted by molar-refractivity contribution is 0.310. The van der Waals surface area contributed by atoms with Gasteiger partial charge in [-0.25, -0.2) is 0 Å². The molecule has 15 heavy (non-hydrogen) atoms. The average molecular weight is 206 g/mol. The first kappa shape index (κ1) is 11.3. The van der Waals surface area contributed by atoms with Crippen molar-refractivity contribution in [2.45, 2.75) is 6.42 Å². The molecule has 0 aliphatic heterocycles. The molecule has 0 saturated heterocycles. The molecule has 0 aliphatic rings. The molecule has 0 atom stereocenters. The van der Waals surface area contributed by atoms with Gasteiger partial charge in [0.2, 0.25) is 0 Å². The Morgan fingerprint density at radius 2 is 2.07 bits per heavy atom. The fourth-order valence-electron chi connectivity index (χ4n) is 1.11. The largest absolute Gasteiger partial charge is 0.497 e. The first-order valence-corrected chi connectivity index (χ1v) is 4.72. The average Bonchev–Trinajstić information content (AvgIpc) is 2.29. The van der Waals surface area contributed by atoms with E-state index < -0.39 is 0 Å². The van der Waals surface area contributed by atoms with Crippen molar-refractivity contribution in [3.05, 3.63) is 23.8 Å². The van der Waals surface area contributed by atoms with Crippen molar-refractivity contribution >= 4 is 0 Å². The Morgan fingerprint density at radius 3 is 2.67 bits per heavy atom. The zero-order valence-corrected chi connectivity index (χ0v) is 8.69. The number of ether oxygens (including phenoxy) is 2. The number of methoxy groups -OCH3 is 1. The molecule has 0 radical (unpaired) electrons. The van der Waals surface area contributed by atoms with Crippen LogP contribution in [0.2, 0.25) is 0 Å². The van der Waals surface area contributed by atoms with Crippen molar-refractivity contribution in [2.75, 3.05) is 20.3 Å². The highest BCUT2D eigenvalue weighted by Crippen LogP contribution is 2.22. The SMILES string of the molecule is COc1cc(C#N)cc(OCCCN)c1. The summed E-state index contributed by atoms with van der Waals surface area (Å²) in [6.07, 6.45) is 0.791. The molecule has 0 unspecified atom stereocenters. The van der Waals surface area contributed by atoms with Gasteiger partial charge >= 0.3 is 0 Å². The minimum atomic E-state index is 0.525. The third-order valence-electron chi connectivity index (χ3n) is 1.86. The normalized spacial score (nSPS) is 9.40. The summed E-state index contributed by atoms with van der Waals surface area (Å²) in [5.74, 6) is 1.26. The molecule has 0 bridgehead atoms. The lowest BCUT2D eigenvalue weighted by Gasteiger charge is -2.07. The van der Waals surface area contributed by atoms with Gasteiger partial charge in [-0.1, -0.05) is 0 Å². The zero-order valence-electron chi connectivity index (χ0n) is 8.69. The van der Waals surface area contributed by atoms with Gasteiger partial charge in [0.25, 0.3) is 0 Å². The van der Waals surface area contributed by atoms with E-state index in [0.717, 1.165) is 6.42 Å². The number of nitriles is 1. The van der Waals surface area contributed by atoms with Crippen molar-refractivity contribution in [1.29, 1.82) is 5.26 Å². The van der Waals surface area contributed by atoms with E-state index in [1.807, 2.05) is 6.07 Å². The summed E-state index contributed by atoms with van der Waals surface area (Å²) in [6.45, 7) is 1.14. The Balaban J connectivity index is 2.74. The van der Waals surface area contributed by atoms with Gasteiger partial charge in [0.1, 0.15) is 11.5 Å². The van der Waals surface area contributed by atoms with Gasteiger partial charge in [-0.3, -0.25) is 0 Å². The fourth-order valence-corrected chi connectivity index (χ4v) is 1.11. The lowest BCUT2D eigenvalue weighted by Crippen LogP contribution is -2.06. The van der Waals surface area contributed by atoms with E-state index in [9.17, 15) is 0 Å². The molecular weight excluding hydrogens is 192 g/mol. The summed E-state index contributed by atoms with van der Waals surface area (Å²) in [6, 6.07) is 7.14. The standard InChI is InChI=1S/C11H14N2O2/c1-14-10-5-9(8-13)6-11(7-10)15-4-2-3-12/h5-7H,2-4,12H2,1H3. The van der Waals surface area contributed by atoms with E-state index in [1.54, 1.807) is 25.3 Å². The first-order chi connectivity index (χ1) is 7.30. The summed E-state index contributed by atoms with van der Waals surface area (Å²) < 4.78 is 10.5. The van der Waals surface area contributed by atoms with E-state index >= 15 is 0 Å². The molecule has 0 heterocycles. The molecule has 0 amide bonds. The van der Waals surface area contributed by atoms with Crippen molar-refractivity contribution in [1.82, 2.24) is 0 Å². The number of nitrogens with zero attached hydrogens (tertiary/aromatic N) is 1. The first-order valence-electron chi connectivity index (χ1n) is 4.72. The second-order valence-electron chi connectivity index (χ2n) is 3.00. The minimum absolute atomic E-state index is 0.525. The highest BCUT2D eigenvalue weighted by molar-refractivity contribution is 5.43. The highest BCUT2D eigenvalue weighted by Gasteiger charge is 2.01. The van der Waals surface area contributed by atoms with Crippen LogP contribution in [-0.4, -0.2) is 20.3 Å². The number of nitrogens with two attached hydrogens (primary N) is 1. The van der Waals surface area contributed by atoms with Crippen LogP contribution in [0.25, 0.3) is 0 Å². The summed E-state index contributed by atoms with van der Waals surface area (Å²) in [5, 5.41) is 8.77. The van der Waals surface area contributed by atoms with Crippen molar-refractivity contribution in [2.24, 2.45) is 5.73 Å². The molecule has 0 aromatic heterocycles. The Labute approximate surface area is 89.2 Å². The molecule has 1 aromatic carbocycles. The molecule has 1 rings (SSSR count). The Hall–Kier alpha value is -1.73. The molecule has 80 valence electrons. The predicted molar refractivity (Wildman–Crippen MR) is 56.9 cm³/mol. The molecule has 4 nitrogen and oxygen atoms in total. The quantitative estimate of drug-likeness (QED) is 0.737. The number of benzene rings is 1. The van der Waals surface area contributed by atoms with E-state index in [1.165, 1.54) is 0 Å². The van der Waals surface area contributed by atoms with Crippen molar-refractivity contribution in [3.8, 4) is 17.6 Å². The summed E-state index contributed by atoms with van der Waals surface area (Å²) in [5.41, 5.74) is 5.87. The molecule has 0 aliphatic carbocycles. The van der Waals surface area contributed by atoms with E-state index in [2.05, 4.69) is 0 Å². The van der Waals surface area contributed by atoms with Crippen LogP contribution in [-0.2, 0) is 0 Å². The summed E-state index contributed by atoms with van der Waals surface area (Å²) in [7, 11) is 1.56. The van der Waals surface area contributed by atoms with Gasteiger partial charge in [0.15, 0.2) is 0 Å². The van der Waals surface area contributed by atoms with E-state index in [0.29, 0.717) is 30.2 Å². The number of hydrogen-bond donors (Lipinski definition) is 1. The Kier molecular flexibility index (Phi) is 4.45. The number of rotatable bonds is 5.